The van der Waals surface area contributed by atoms with Gasteiger partial charge in [0, 0.05) is 10.5 Å². The van der Waals surface area contributed by atoms with Crippen LogP contribution in [0, 0.1) is 11.6 Å². The van der Waals surface area contributed by atoms with Gasteiger partial charge in [-0.1, -0.05) is 7.43 Å². The van der Waals surface area contributed by atoms with Crippen LogP contribution >= 0.6 is 31.9 Å². The van der Waals surface area contributed by atoms with Crippen molar-refractivity contribution in [1.29, 1.82) is 0 Å². The zero-order chi connectivity index (χ0) is 14.0. The highest BCUT2D eigenvalue weighted by Gasteiger charge is 2.14. The minimum atomic E-state index is -0.608. The molecule has 0 saturated heterocycles. The van der Waals surface area contributed by atoms with Crippen molar-refractivity contribution in [2.75, 3.05) is 0 Å². The molecule has 1 aromatic heterocycles. The van der Waals surface area contributed by atoms with Crippen LogP contribution in [0.2, 0.25) is 0 Å². The Kier molecular flexibility index (Phi) is 6.23. The monoisotopic (exact) mass is 406 g/mol. The molecule has 2 aromatic rings. The van der Waals surface area contributed by atoms with Gasteiger partial charge < -0.3 is 5.73 Å². The topological polar surface area (TPSA) is 38.9 Å². The van der Waals surface area contributed by atoms with Gasteiger partial charge in [-0.15, -0.1) is 0 Å². The third kappa shape index (κ3) is 4.33. The van der Waals surface area contributed by atoms with E-state index in [0.717, 1.165) is 10.5 Å². The van der Waals surface area contributed by atoms with Crippen molar-refractivity contribution in [3.63, 3.8) is 0 Å². The second-order valence-electron chi connectivity index (χ2n) is 4.09. The minimum Gasteiger partial charge on any atom is -0.322 e. The van der Waals surface area contributed by atoms with Gasteiger partial charge in [-0.3, -0.25) is 0 Å². The molecule has 6 heteroatoms. The zero-order valence-electron chi connectivity index (χ0n) is 9.71. The molecule has 0 aliphatic rings. The summed E-state index contributed by atoms with van der Waals surface area (Å²) >= 11 is 6.63. The second kappa shape index (κ2) is 7.24. The van der Waals surface area contributed by atoms with E-state index in [4.69, 9.17) is 5.73 Å². The predicted molar refractivity (Wildman–Crippen MR) is 83.4 cm³/mol. The van der Waals surface area contributed by atoms with Crippen molar-refractivity contribution in [3.05, 3.63) is 62.3 Å². The van der Waals surface area contributed by atoms with E-state index in [-0.39, 0.29) is 7.43 Å². The molecule has 20 heavy (non-hydrogen) atoms. The number of hydrogen-bond acceptors (Lipinski definition) is 2. The van der Waals surface area contributed by atoms with Crippen molar-refractivity contribution in [2.24, 2.45) is 5.73 Å². The Morgan fingerprint density at radius 1 is 1.10 bits per heavy atom. The smallest absolute Gasteiger partial charge is 0.126 e. The van der Waals surface area contributed by atoms with Gasteiger partial charge in [0.2, 0.25) is 0 Å². The normalized spacial score (nSPS) is 11.8. The summed E-state index contributed by atoms with van der Waals surface area (Å²) in [5, 5.41) is 0. The van der Waals surface area contributed by atoms with Gasteiger partial charge in [0.05, 0.1) is 11.7 Å². The molecule has 2 nitrogen and oxygen atoms in total. The summed E-state index contributed by atoms with van der Waals surface area (Å²) in [5.74, 6) is -1.22. The lowest BCUT2D eigenvalue weighted by atomic mass is 10.0. The van der Waals surface area contributed by atoms with Gasteiger partial charge in [0.1, 0.15) is 16.2 Å². The van der Waals surface area contributed by atoms with Crippen molar-refractivity contribution in [2.45, 2.75) is 19.9 Å². The van der Waals surface area contributed by atoms with E-state index in [2.05, 4.69) is 36.8 Å². The van der Waals surface area contributed by atoms with Gasteiger partial charge in [-0.2, -0.15) is 0 Å². The summed E-state index contributed by atoms with van der Waals surface area (Å²) in [7, 11) is 0. The predicted octanol–water partition coefficient (Wildman–Crippen LogP) is 4.76. The van der Waals surface area contributed by atoms with Gasteiger partial charge >= 0.3 is 0 Å². The molecule has 0 fully saturated rings. The van der Waals surface area contributed by atoms with Crippen LogP contribution < -0.4 is 5.73 Å². The molecule has 2 N–H and O–H groups in total. The van der Waals surface area contributed by atoms with Crippen LogP contribution in [-0.2, 0) is 6.42 Å². The Morgan fingerprint density at radius 2 is 1.70 bits per heavy atom. The second-order valence-corrected chi connectivity index (χ2v) is 5.76. The highest BCUT2D eigenvalue weighted by molar-refractivity contribution is 9.11. The molecule has 1 heterocycles. The fourth-order valence-corrected chi connectivity index (χ4v) is 2.61. The summed E-state index contributed by atoms with van der Waals surface area (Å²) in [6.07, 6.45) is 0.302. The van der Waals surface area contributed by atoms with Crippen LogP contribution in [0.4, 0.5) is 8.78 Å². The van der Waals surface area contributed by atoms with E-state index >= 15 is 0 Å². The molecule has 0 bridgehead atoms. The maximum absolute atomic E-state index is 13.1. The summed E-state index contributed by atoms with van der Waals surface area (Å²) in [5.41, 5.74) is 7.18. The van der Waals surface area contributed by atoms with E-state index in [1.165, 1.54) is 12.1 Å². The molecule has 1 aromatic carbocycles. The van der Waals surface area contributed by atoms with Crippen molar-refractivity contribution >= 4 is 31.9 Å². The molecule has 0 spiro atoms. The van der Waals surface area contributed by atoms with Gasteiger partial charge in [0.15, 0.2) is 0 Å². The third-order valence-corrected chi connectivity index (χ3v) is 3.68. The maximum Gasteiger partial charge on any atom is 0.126 e. The molecule has 1 atom stereocenters. The van der Waals surface area contributed by atoms with Crippen LogP contribution in [0.5, 0.6) is 0 Å². The third-order valence-electron chi connectivity index (χ3n) is 2.57. The highest BCUT2D eigenvalue weighted by atomic mass is 79.9. The van der Waals surface area contributed by atoms with Gasteiger partial charge in [-0.05, 0) is 68.1 Å². The minimum absolute atomic E-state index is 0. The number of rotatable bonds is 3. The van der Waals surface area contributed by atoms with Crippen LogP contribution in [-0.4, -0.2) is 4.98 Å². The summed E-state index contributed by atoms with van der Waals surface area (Å²) < 4.78 is 27.6. The molecular formula is C14H14Br2F2N2. The number of benzene rings is 1. The zero-order valence-corrected chi connectivity index (χ0v) is 12.9. The van der Waals surface area contributed by atoms with E-state index in [0.29, 0.717) is 22.3 Å². The van der Waals surface area contributed by atoms with Crippen LogP contribution in [0.1, 0.15) is 24.7 Å². The fourth-order valence-electron chi connectivity index (χ4n) is 1.77. The molecule has 0 aliphatic heterocycles. The summed E-state index contributed by atoms with van der Waals surface area (Å²) in [6.45, 7) is 0. The maximum atomic E-state index is 13.1. The van der Waals surface area contributed by atoms with E-state index in [1.54, 1.807) is 6.07 Å². The highest BCUT2D eigenvalue weighted by Crippen LogP contribution is 2.25. The van der Waals surface area contributed by atoms with E-state index in [9.17, 15) is 8.78 Å². The Hall–Kier alpha value is -0.850. The SMILES string of the molecule is C.N[C@@H](Cc1cc(F)cc(F)c1)c1nc(Br)ccc1Br. The summed E-state index contributed by atoms with van der Waals surface area (Å²) in [4.78, 5) is 4.27. The number of pyridine rings is 1. The summed E-state index contributed by atoms with van der Waals surface area (Å²) in [6, 6.07) is 6.53. The van der Waals surface area contributed by atoms with E-state index in [1.807, 2.05) is 6.07 Å². The van der Waals surface area contributed by atoms with Crippen LogP contribution in [0.3, 0.4) is 0 Å². The Bertz CT molecular complexity index is 585. The molecule has 0 saturated carbocycles. The number of hydrogen-bond donors (Lipinski definition) is 1. The van der Waals surface area contributed by atoms with Crippen LogP contribution in [0.25, 0.3) is 0 Å². The Morgan fingerprint density at radius 3 is 2.30 bits per heavy atom. The van der Waals surface area contributed by atoms with Crippen LogP contribution in [0.15, 0.2) is 39.4 Å². The standard InChI is InChI=1S/C13H10Br2F2N2.CH4/c14-10-1-2-12(15)19-13(10)11(18)5-7-3-8(16)6-9(17)4-7;/h1-4,6,11H,5,18H2;1H4/t11-;/m0./s1. The van der Waals surface area contributed by atoms with Crippen molar-refractivity contribution in [1.82, 2.24) is 4.98 Å². The van der Waals surface area contributed by atoms with Crippen molar-refractivity contribution < 1.29 is 8.78 Å². The molecule has 0 radical (unpaired) electrons. The fraction of sp³-hybridized carbons (Fsp3) is 0.214. The average molecular weight is 408 g/mol. The Labute approximate surface area is 133 Å². The lowest BCUT2D eigenvalue weighted by Crippen LogP contribution is -2.16. The Balaban J connectivity index is 0.00000200. The first-order valence-corrected chi connectivity index (χ1v) is 7.07. The molecule has 0 amide bonds. The van der Waals surface area contributed by atoms with Gasteiger partial charge in [-0.25, -0.2) is 13.8 Å². The lowest BCUT2D eigenvalue weighted by Gasteiger charge is -2.13. The van der Waals surface area contributed by atoms with Crippen molar-refractivity contribution in [3.8, 4) is 0 Å². The molecular weight excluding hydrogens is 394 g/mol. The number of halogens is 4. The van der Waals surface area contributed by atoms with Gasteiger partial charge in [0.25, 0.3) is 0 Å². The largest absolute Gasteiger partial charge is 0.322 e. The average Bonchev–Trinajstić information content (AvgIpc) is 2.30. The first kappa shape index (κ1) is 17.2. The quantitative estimate of drug-likeness (QED) is 0.744. The number of aromatic nitrogens is 1. The first-order chi connectivity index (χ1) is 8.95. The number of nitrogens with zero attached hydrogens (tertiary/aromatic N) is 1. The molecule has 0 aliphatic carbocycles. The molecule has 108 valence electrons. The number of nitrogens with two attached hydrogens (primary N) is 1. The lowest BCUT2D eigenvalue weighted by molar-refractivity contribution is 0.575. The van der Waals surface area contributed by atoms with E-state index < -0.39 is 17.7 Å². The first-order valence-electron chi connectivity index (χ1n) is 5.48. The molecule has 2 rings (SSSR count). The molecule has 0 unspecified atom stereocenters.